The van der Waals surface area contributed by atoms with Crippen molar-refractivity contribution in [2.24, 2.45) is 10.4 Å². The average Bonchev–Trinajstić information content (AvgIpc) is 2.68. The molecule has 0 aromatic carbocycles. The first-order valence-electron chi connectivity index (χ1n) is 7.51. The van der Waals surface area contributed by atoms with Crippen molar-refractivity contribution in [3.05, 3.63) is 69.3 Å². The molecule has 3 N–H and O–H groups in total. The second kappa shape index (κ2) is 21.0. The third-order valence-corrected chi connectivity index (χ3v) is 2.65. The van der Waals surface area contributed by atoms with Crippen LogP contribution >= 0.6 is 0 Å². The van der Waals surface area contributed by atoms with Crippen molar-refractivity contribution < 1.29 is 26.8 Å². The first kappa shape index (κ1) is 28.8. The van der Waals surface area contributed by atoms with Crippen molar-refractivity contribution in [2.45, 2.75) is 34.1 Å². The average molecular weight is 412 g/mol. The van der Waals surface area contributed by atoms with Crippen molar-refractivity contribution in [2.75, 3.05) is 13.2 Å². The van der Waals surface area contributed by atoms with Gasteiger partial charge in [-0.1, -0.05) is 12.2 Å². The number of allylic oxidation sites excluding steroid dienone is 6. The second-order valence-corrected chi connectivity index (χ2v) is 4.65. The Morgan fingerprint density at radius 1 is 1.15 bits per heavy atom. The maximum absolute atomic E-state index is 9.96. The van der Waals surface area contributed by atoms with E-state index in [0.29, 0.717) is 30.1 Å². The molecule has 0 radical (unpaired) electrons. The van der Waals surface area contributed by atoms with Gasteiger partial charge in [0, 0.05) is 6.61 Å². The molecule has 0 atom stereocenters. The van der Waals surface area contributed by atoms with Gasteiger partial charge in [-0.15, -0.1) is 22.4 Å². The van der Waals surface area contributed by atoms with Crippen molar-refractivity contribution in [1.82, 2.24) is 11.0 Å². The quantitative estimate of drug-likeness (QED) is 0.249. The van der Waals surface area contributed by atoms with Gasteiger partial charge >= 0.3 is 16.8 Å². The van der Waals surface area contributed by atoms with Crippen LogP contribution in [0.15, 0.2) is 57.6 Å². The molecule has 1 aliphatic heterocycles. The van der Waals surface area contributed by atoms with Crippen LogP contribution in [0.4, 0.5) is 0 Å². The van der Waals surface area contributed by atoms with Gasteiger partial charge in [-0.05, 0) is 38.0 Å². The Bertz CT molecular complexity index is 493. The number of rotatable bonds is 7. The van der Waals surface area contributed by atoms with E-state index in [2.05, 4.69) is 28.1 Å². The molecule has 0 bridgehead atoms. The minimum absolute atomic E-state index is 0. The fourth-order valence-electron chi connectivity index (χ4n) is 0.895. The summed E-state index contributed by atoms with van der Waals surface area (Å²) in [5, 5.41) is 17.3. The van der Waals surface area contributed by atoms with Crippen LogP contribution in [0.1, 0.15) is 34.1 Å². The van der Waals surface area contributed by atoms with E-state index in [1.807, 2.05) is 18.2 Å². The molecule has 0 amide bonds. The predicted octanol–water partition coefficient (Wildman–Crippen LogP) is 4.17. The molecule has 9 nitrogen and oxygen atoms in total. The van der Waals surface area contributed by atoms with Crippen molar-refractivity contribution in [1.29, 1.82) is 0 Å². The van der Waals surface area contributed by atoms with Crippen LogP contribution < -0.4 is 11.0 Å². The van der Waals surface area contributed by atoms with E-state index in [1.165, 1.54) is 6.92 Å². The summed E-state index contributed by atoms with van der Waals surface area (Å²) in [6.45, 7) is 11.4. The number of nitrogens with one attached hydrogen (secondary N) is 2. The summed E-state index contributed by atoms with van der Waals surface area (Å²) in [7, 11) is 0. The van der Waals surface area contributed by atoms with Gasteiger partial charge in [0.25, 0.3) is 0 Å². The molecular weight excluding hydrogens is 385 g/mol. The van der Waals surface area contributed by atoms with E-state index in [-0.39, 0.29) is 22.5 Å². The molecule has 0 aromatic rings. The SMILES string of the molecule is C1=CC[N-]C=C1.CC(N=O)=C(C)NO.[CH2-]CCONC(C)=C(C)N=O.[Co+3]. The van der Waals surface area contributed by atoms with E-state index >= 15 is 0 Å². The predicted molar refractivity (Wildman–Crippen MR) is 98.8 cm³/mol. The number of nitrogens with zero attached hydrogens (tertiary/aromatic N) is 3. The topological polar surface area (TPSA) is 126 Å². The molecule has 0 spiro atoms. The molecule has 0 aliphatic carbocycles. The summed E-state index contributed by atoms with van der Waals surface area (Å²) in [6, 6.07) is 0. The maximum Gasteiger partial charge on any atom is 3.00 e. The molecule has 1 rings (SSSR count). The van der Waals surface area contributed by atoms with E-state index in [0.717, 1.165) is 6.54 Å². The van der Waals surface area contributed by atoms with E-state index in [1.54, 1.807) is 32.5 Å². The second-order valence-electron chi connectivity index (χ2n) is 4.65. The fourth-order valence-corrected chi connectivity index (χ4v) is 0.895. The summed E-state index contributed by atoms with van der Waals surface area (Å²) in [6.07, 6.45) is 8.42. The zero-order valence-corrected chi connectivity index (χ0v) is 16.5. The van der Waals surface area contributed by atoms with Crippen LogP contribution in [0, 0.1) is 16.7 Å². The van der Waals surface area contributed by atoms with Gasteiger partial charge in [0.05, 0.1) is 11.4 Å². The number of hydrogen-bond acceptors (Lipinski definition) is 8. The maximum atomic E-state index is 9.96. The largest absolute Gasteiger partial charge is 3.00 e. The van der Waals surface area contributed by atoms with Crippen molar-refractivity contribution >= 4 is 0 Å². The summed E-state index contributed by atoms with van der Waals surface area (Å²) in [4.78, 5) is 24.5. The Balaban J connectivity index is -0.000000312. The molecule has 1 aliphatic rings. The molecule has 10 heteroatoms. The Kier molecular flexibility index (Phi) is 23.3. The minimum atomic E-state index is 0. The molecule has 0 saturated heterocycles. The summed E-state index contributed by atoms with van der Waals surface area (Å²) in [5.41, 5.74) is 6.04. The third-order valence-electron chi connectivity index (χ3n) is 2.65. The van der Waals surface area contributed by atoms with Gasteiger partial charge in [-0.2, -0.15) is 12.6 Å². The zero-order valence-electron chi connectivity index (χ0n) is 15.5. The molecule has 0 unspecified atom stereocenters. The number of hydroxylamine groups is 2. The first-order valence-corrected chi connectivity index (χ1v) is 7.51. The van der Waals surface area contributed by atoms with Crippen LogP contribution in [0.3, 0.4) is 0 Å². The van der Waals surface area contributed by atoms with Crippen LogP contribution in [-0.4, -0.2) is 18.4 Å². The molecule has 26 heavy (non-hydrogen) atoms. The molecule has 0 aromatic heterocycles. The fraction of sp³-hybridized carbons (Fsp3) is 0.438. The monoisotopic (exact) mass is 412 g/mol. The van der Waals surface area contributed by atoms with Crippen molar-refractivity contribution in [3.8, 4) is 0 Å². The van der Waals surface area contributed by atoms with Gasteiger partial charge in [0.15, 0.2) is 0 Å². The normalized spacial score (nSPS) is 13.0. The van der Waals surface area contributed by atoms with Crippen LogP contribution in [0.2, 0.25) is 0 Å². The van der Waals surface area contributed by atoms with Crippen molar-refractivity contribution in [3.63, 3.8) is 0 Å². The Labute approximate surface area is 165 Å². The van der Waals surface area contributed by atoms with Crippen LogP contribution in [0.25, 0.3) is 5.32 Å². The summed E-state index contributed by atoms with van der Waals surface area (Å²) in [5.74, 6) is 0. The minimum Gasteiger partial charge on any atom is -0.687 e. The van der Waals surface area contributed by atoms with Gasteiger partial charge in [-0.3, -0.25) is 21.0 Å². The van der Waals surface area contributed by atoms with Gasteiger partial charge in [0.2, 0.25) is 0 Å². The molecule has 0 fully saturated rings. The van der Waals surface area contributed by atoms with Crippen LogP contribution in [-0.2, 0) is 21.6 Å². The number of nitroso groups, excluding NO2 is 2. The zero-order chi connectivity index (χ0) is 19.5. The van der Waals surface area contributed by atoms with Gasteiger partial charge < -0.3 is 12.2 Å². The Morgan fingerprint density at radius 3 is 2.00 bits per heavy atom. The van der Waals surface area contributed by atoms with E-state index in [4.69, 9.17) is 10.0 Å². The standard InChI is InChI=1S/C7H13N2O2.C5H6N.C4H8N2O2.Co/c1-4-5-11-9-7(3)6(2)8-10;1-2-4-6-5-3-1;1-3(5-7)4(2)6-8;/h9H,1,4-5H2,2-3H3;1-4H,5H2;5,7H,1-2H3;/q2*-1;;+3. The molecule has 148 valence electrons. The first-order chi connectivity index (χ1) is 11.9. The molecular formula is C16H27CoN5O4+. The van der Waals surface area contributed by atoms with Crippen LogP contribution in [0.5, 0.6) is 0 Å². The number of hydrogen-bond donors (Lipinski definition) is 3. The smallest absolute Gasteiger partial charge is 0.687 e. The van der Waals surface area contributed by atoms with Gasteiger partial charge in [0.1, 0.15) is 11.4 Å². The summed E-state index contributed by atoms with van der Waals surface area (Å²) >= 11 is 0. The van der Waals surface area contributed by atoms with E-state index < -0.39 is 0 Å². The molecule has 1 heterocycles. The summed E-state index contributed by atoms with van der Waals surface area (Å²) < 4.78 is 0. The van der Waals surface area contributed by atoms with Gasteiger partial charge in [-0.25, -0.2) is 0 Å². The Hall–Kier alpha value is -2.01. The Morgan fingerprint density at radius 2 is 1.73 bits per heavy atom. The van der Waals surface area contributed by atoms with E-state index in [9.17, 15) is 9.81 Å². The third kappa shape index (κ3) is 18.3. The molecule has 0 saturated carbocycles.